The number of methoxy groups -OCH3 is 3. The summed E-state index contributed by atoms with van der Waals surface area (Å²) in [6.45, 7) is 1.71. The molecule has 0 bridgehead atoms. The first-order valence-electron chi connectivity index (χ1n) is 9.46. The lowest BCUT2D eigenvalue weighted by Gasteiger charge is -2.20. The summed E-state index contributed by atoms with van der Waals surface area (Å²) in [5.74, 6) is 0.944. The molecule has 3 amide bonds. The first-order valence-corrected chi connectivity index (χ1v) is 9.46. The average Bonchev–Trinajstić information content (AvgIpc) is 2.98. The number of carbonyl (C=O) groups is 2. The van der Waals surface area contributed by atoms with E-state index in [1.807, 2.05) is 30.3 Å². The predicted molar refractivity (Wildman–Crippen MR) is 112 cm³/mol. The average molecular weight is 411 g/mol. The van der Waals surface area contributed by atoms with Gasteiger partial charge in [-0.2, -0.15) is 5.10 Å². The van der Waals surface area contributed by atoms with Gasteiger partial charge in [-0.1, -0.05) is 30.3 Å². The fourth-order valence-corrected chi connectivity index (χ4v) is 3.28. The van der Waals surface area contributed by atoms with Crippen LogP contribution in [-0.2, 0) is 11.2 Å². The molecule has 8 nitrogen and oxygen atoms in total. The molecule has 1 heterocycles. The Labute approximate surface area is 175 Å². The molecule has 0 radical (unpaired) electrons. The van der Waals surface area contributed by atoms with Crippen molar-refractivity contribution in [2.75, 3.05) is 21.3 Å². The lowest BCUT2D eigenvalue weighted by Crippen LogP contribution is -2.44. The van der Waals surface area contributed by atoms with Gasteiger partial charge in [-0.25, -0.2) is 4.79 Å². The van der Waals surface area contributed by atoms with Crippen molar-refractivity contribution >= 4 is 18.2 Å². The third-order valence-corrected chi connectivity index (χ3v) is 5.01. The number of urea groups is 1. The van der Waals surface area contributed by atoms with Crippen LogP contribution in [0.3, 0.4) is 0 Å². The molecule has 0 spiro atoms. The van der Waals surface area contributed by atoms with Crippen molar-refractivity contribution in [3.63, 3.8) is 0 Å². The van der Waals surface area contributed by atoms with Crippen molar-refractivity contribution in [2.24, 2.45) is 5.10 Å². The molecule has 8 heteroatoms. The third-order valence-electron chi connectivity index (χ3n) is 5.01. The van der Waals surface area contributed by atoms with Gasteiger partial charge in [-0.15, -0.1) is 5.01 Å². The maximum atomic E-state index is 12.9. The van der Waals surface area contributed by atoms with Crippen molar-refractivity contribution in [2.45, 2.75) is 25.3 Å². The van der Waals surface area contributed by atoms with Gasteiger partial charge in [-0.05, 0) is 37.5 Å². The Morgan fingerprint density at radius 2 is 1.67 bits per heavy atom. The number of aryl methyl sites for hydroxylation is 1. The maximum Gasteiger partial charge on any atom is 0.346 e. The van der Waals surface area contributed by atoms with Crippen LogP contribution in [0.25, 0.3) is 0 Å². The van der Waals surface area contributed by atoms with Crippen molar-refractivity contribution in [3.05, 3.63) is 53.6 Å². The summed E-state index contributed by atoms with van der Waals surface area (Å²) in [6.07, 6.45) is 2.54. The summed E-state index contributed by atoms with van der Waals surface area (Å²) in [5, 5.41) is 7.72. The van der Waals surface area contributed by atoms with Gasteiger partial charge in [0.15, 0.2) is 11.5 Å². The van der Waals surface area contributed by atoms with Crippen LogP contribution in [0.1, 0.15) is 24.5 Å². The van der Waals surface area contributed by atoms with Gasteiger partial charge in [0.1, 0.15) is 5.54 Å². The van der Waals surface area contributed by atoms with Crippen LogP contribution in [0.15, 0.2) is 47.6 Å². The molecule has 1 N–H and O–H groups in total. The molecule has 1 saturated heterocycles. The molecule has 0 unspecified atom stereocenters. The zero-order valence-corrected chi connectivity index (χ0v) is 17.5. The number of carbonyl (C=O) groups excluding carboxylic acids is 2. The molecule has 1 fully saturated rings. The second kappa shape index (κ2) is 8.86. The molecule has 2 aromatic carbocycles. The van der Waals surface area contributed by atoms with Gasteiger partial charge < -0.3 is 19.5 Å². The second-order valence-electron chi connectivity index (χ2n) is 7.07. The van der Waals surface area contributed by atoms with Crippen molar-refractivity contribution in [1.82, 2.24) is 10.3 Å². The van der Waals surface area contributed by atoms with Crippen molar-refractivity contribution in [3.8, 4) is 17.2 Å². The third kappa shape index (κ3) is 4.22. The predicted octanol–water partition coefficient (Wildman–Crippen LogP) is 2.99. The lowest BCUT2D eigenvalue weighted by molar-refractivity contribution is -0.130. The minimum atomic E-state index is -1.01. The van der Waals surface area contributed by atoms with Crippen LogP contribution >= 0.6 is 0 Å². The molecule has 0 saturated carbocycles. The summed E-state index contributed by atoms with van der Waals surface area (Å²) in [6, 6.07) is 12.6. The number of ether oxygens (including phenoxy) is 3. The summed E-state index contributed by atoms with van der Waals surface area (Å²) < 4.78 is 15.9. The maximum absolute atomic E-state index is 12.9. The van der Waals surface area contributed by atoms with Crippen LogP contribution in [0.2, 0.25) is 0 Å². The number of nitrogens with zero attached hydrogens (tertiary/aromatic N) is 2. The van der Waals surface area contributed by atoms with E-state index in [0.29, 0.717) is 35.7 Å². The van der Waals surface area contributed by atoms with Gasteiger partial charge >= 0.3 is 6.03 Å². The van der Waals surface area contributed by atoms with Crippen LogP contribution in [-0.4, -0.2) is 50.0 Å². The summed E-state index contributed by atoms with van der Waals surface area (Å²) in [5.41, 5.74) is 0.669. The number of nitrogens with one attached hydrogen (secondary N) is 1. The number of benzene rings is 2. The van der Waals surface area contributed by atoms with Gasteiger partial charge in [0.05, 0.1) is 27.5 Å². The van der Waals surface area contributed by atoms with Crippen molar-refractivity contribution < 1.29 is 23.8 Å². The van der Waals surface area contributed by atoms with E-state index in [9.17, 15) is 9.59 Å². The lowest BCUT2D eigenvalue weighted by atomic mass is 9.93. The van der Waals surface area contributed by atoms with Crippen LogP contribution < -0.4 is 19.5 Å². The largest absolute Gasteiger partial charge is 0.493 e. The highest BCUT2D eigenvalue weighted by Crippen LogP contribution is 2.37. The number of amides is 3. The summed E-state index contributed by atoms with van der Waals surface area (Å²) in [4.78, 5) is 25.3. The topological polar surface area (TPSA) is 89.5 Å². The van der Waals surface area contributed by atoms with E-state index in [0.717, 1.165) is 10.6 Å². The number of hydrogen-bond acceptors (Lipinski definition) is 6. The first kappa shape index (κ1) is 21.2. The molecule has 1 atom stereocenters. The quantitative estimate of drug-likeness (QED) is 0.533. The summed E-state index contributed by atoms with van der Waals surface area (Å²) in [7, 11) is 4.53. The highest BCUT2D eigenvalue weighted by atomic mass is 16.5. The van der Waals surface area contributed by atoms with Gasteiger partial charge in [0.25, 0.3) is 5.91 Å². The van der Waals surface area contributed by atoms with E-state index in [-0.39, 0.29) is 0 Å². The van der Waals surface area contributed by atoms with E-state index in [1.165, 1.54) is 27.5 Å². The number of hydrazone groups is 1. The minimum absolute atomic E-state index is 0.396. The molecule has 2 aromatic rings. The molecule has 0 aliphatic carbocycles. The SMILES string of the molecule is COc1cc(/C=N\N2C(=O)N[C@@](C)(CCc3ccccc3)C2=O)cc(OC)c1OC. The van der Waals surface area contributed by atoms with Gasteiger partial charge in [0, 0.05) is 5.56 Å². The Morgan fingerprint density at radius 1 is 1.03 bits per heavy atom. The molecule has 1 aliphatic rings. The smallest absolute Gasteiger partial charge is 0.346 e. The van der Waals surface area contributed by atoms with E-state index in [2.05, 4.69) is 10.4 Å². The van der Waals surface area contributed by atoms with E-state index in [4.69, 9.17) is 14.2 Å². The Morgan fingerprint density at radius 3 is 2.23 bits per heavy atom. The number of rotatable bonds is 8. The molecule has 30 heavy (non-hydrogen) atoms. The van der Waals surface area contributed by atoms with E-state index >= 15 is 0 Å². The molecular formula is C22H25N3O5. The molecule has 0 aromatic heterocycles. The standard InChI is InChI=1S/C22H25N3O5/c1-22(11-10-15-8-6-5-7-9-15)20(26)25(21(27)24-22)23-14-16-12-17(28-2)19(30-4)18(13-16)29-3/h5-9,12-14H,10-11H2,1-4H3,(H,24,27)/b23-14-/t22-/m0/s1. The normalized spacial score (nSPS) is 18.6. The minimum Gasteiger partial charge on any atom is -0.493 e. The summed E-state index contributed by atoms with van der Waals surface area (Å²) >= 11 is 0. The highest BCUT2D eigenvalue weighted by Gasteiger charge is 2.47. The van der Waals surface area contributed by atoms with Crippen molar-refractivity contribution in [1.29, 1.82) is 0 Å². The van der Waals surface area contributed by atoms with Crippen LogP contribution in [0, 0.1) is 0 Å². The monoisotopic (exact) mass is 411 g/mol. The highest BCUT2D eigenvalue weighted by molar-refractivity contribution is 6.07. The molecule has 1 aliphatic heterocycles. The Kier molecular flexibility index (Phi) is 6.25. The van der Waals surface area contributed by atoms with Gasteiger partial charge in [-0.3, -0.25) is 4.79 Å². The zero-order chi connectivity index (χ0) is 21.7. The van der Waals surface area contributed by atoms with E-state index < -0.39 is 17.5 Å². The molecular weight excluding hydrogens is 386 g/mol. The fraction of sp³-hybridized carbons (Fsp3) is 0.318. The Bertz CT molecular complexity index is 935. The molecule has 3 rings (SSSR count). The Hall–Kier alpha value is -3.55. The van der Waals surface area contributed by atoms with Crippen LogP contribution in [0.4, 0.5) is 4.79 Å². The van der Waals surface area contributed by atoms with E-state index in [1.54, 1.807) is 19.1 Å². The fourth-order valence-electron chi connectivity index (χ4n) is 3.28. The number of hydrogen-bond donors (Lipinski definition) is 1. The first-order chi connectivity index (χ1) is 14.4. The van der Waals surface area contributed by atoms with Gasteiger partial charge in [0.2, 0.25) is 5.75 Å². The molecule has 158 valence electrons. The second-order valence-corrected chi connectivity index (χ2v) is 7.07. The number of imide groups is 1. The Balaban J connectivity index is 1.77. The van der Waals surface area contributed by atoms with Crippen LogP contribution in [0.5, 0.6) is 17.2 Å². The zero-order valence-electron chi connectivity index (χ0n) is 17.5.